The Kier molecular flexibility index (Phi) is 4.83. The minimum absolute atomic E-state index is 0.0561. The van der Waals surface area contributed by atoms with E-state index in [1.165, 1.54) is 0 Å². The highest BCUT2D eigenvalue weighted by Gasteiger charge is 2.25. The summed E-state index contributed by atoms with van der Waals surface area (Å²) in [5.41, 5.74) is 1.71. The first-order valence-corrected chi connectivity index (χ1v) is 8.36. The fourth-order valence-corrected chi connectivity index (χ4v) is 3.42. The maximum Gasteiger partial charge on any atom is 0.326 e. The summed E-state index contributed by atoms with van der Waals surface area (Å²) in [6.45, 7) is 5.64. The van der Waals surface area contributed by atoms with Crippen molar-refractivity contribution in [2.24, 2.45) is 11.8 Å². The van der Waals surface area contributed by atoms with Gasteiger partial charge in [0, 0.05) is 13.1 Å². The number of carbonyl (C=O) groups is 2. The van der Waals surface area contributed by atoms with Crippen LogP contribution in [0.4, 0.5) is 0 Å². The van der Waals surface area contributed by atoms with Gasteiger partial charge in [-0.3, -0.25) is 9.59 Å². The van der Waals surface area contributed by atoms with Crippen molar-refractivity contribution in [3.8, 4) is 0 Å². The van der Waals surface area contributed by atoms with Crippen LogP contribution in [0.15, 0.2) is 30.6 Å². The predicted octanol–water partition coefficient (Wildman–Crippen LogP) is 2.08. The van der Waals surface area contributed by atoms with Crippen LogP contribution in [-0.4, -0.2) is 46.0 Å². The number of amides is 1. The van der Waals surface area contributed by atoms with Crippen LogP contribution in [0.2, 0.25) is 0 Å². The Morgan fingerprint density at radius 3 is 2.67 bits per heavy atom. The summed E-state index contributed by atoms with van der Waals surface area (Å²) in [7, 11) is 0. The van der Waals surface area contributed by atoms with E-state index < -0.39 is 5.97 Å². The molecule has 128 valence electrons. The Balaban J connectivity index is 1.53. The van der Waals surface area contributed by atoms with E-state index in [-0.39, 0.29) is 19.1 Å². The summed E-state index contributed by atoms with van der Waals surface area (Å²) in [6, 6.07) is 7.59. The molecule has 0 saturated carbocycles. The lowest BCUT2D eigenvalue weighted by Crippen LogP contribution is -2.44. The molecule has 0 aliphatic carbocycles. The number of nitrogens with zero attached hydrogens (tertiary/aromatic N) is 3. The average molecular weight is 329 g/mol. The van der Waals surface area contributed by atoms with Gasteiger partial charge in [0.05, 0.1) is 17.4 Å². The average Bonchev–Trinajstić information content (AvgIpc) is 2.95. The number of hydrogen-bond donors (Lipinski definition) is 0. The number of para-hydroxylation sites is 2. The SMILES string of the molecule is C[C@H]1C[C@H](C)CN(C(=O)COC(=O)Cn2cnc3ccccc32)C1. The van der Waals surface area contributed by atoms with Crippen LogP contribution in [-0.2, 0) is 20.9 Å². The second-order valence-corrected chi connectivity index (χ2v) is 6.77. The van der Waals surface area contributed by atoms with Crippen molar-refractivity contribution in [1.82, 2.24) is 14.5 Å². The largest absolute Gasteiger partial charge is 0.454 e. The van der Waals surface area contributed by atoms with Crippen LogP contribution in [0.25, 0.3) is 11.0 Å². The molecule has 0 radical (unpaired) electrons. The van der Waals surface area contributed by atoms with Crippen LogP contribution < -0.4 is 0 Å². The Bertz CT molecular complexity index is 730. The summed E-state index contributed by atoms with van der Waals surface area (Å²) in [4.78, 5) is 30.3. The Labute approximate surface area is 141 Å². The van der Waals surface area contributed by atoms with Crippen molar-refractivity contribution in [3.63, 3.8) is 0 Å². The molecule has 2 atom stereocenters. The van der Waals surface area contributed by atoms with Crippen molar-refractivity contribution in [2.45, 2.75) is 26.8 Å². The van der Waals surface area contributed by atoms with Crippen LogP contribution >= 0.6 is 0 Å². The van der Waals surface area contributed by atoms with E-state index in [9.17, 15) is 9.59 Å². The molecule has 0 unspecified atom stereocenters. The van der Waals surface area contributed by atoms with Gasteiger partial charge in [0.2, 0.25) is 0 Å². The molecular weight excluding hydrogens is 306 g/mol. The van der Waals surface area contributed by atoms with Crippen LogP contribution in [0.1, 0.15) is 20.3 Å². The molecule has 1 fully saturated rings. The number of carbonyl (C=O) groups excluding carboxylic acids is 2. The van der Waals surface area contributed by atoms with Crippen LogP contribution in [0, 0.1) is 11.8 Å². The lowest BCUT2D eigenvalue weighted by atomic mass is 9.92. The standard InChI is InChI=1S/C18H23N3O3/c1-13-7-14(2)9-20(8-13)17(22)11-24-18(23)10-21-12-19-15-5-3-4-6-16(15)21/h3-6,12-14H,7-11H2,1-2H3/t13-,14-/m0/s1. The maximum absolute atomic E-state index is 12.2. The molecule has 2 aromatic rings. The molecule has 0 spiro atoms. The van der Waals surface area contributed by atoms with Crippen LogP contribution in [0.3, 0.4) is 0 Å². The third kappa shape index (κ3) is 3.75. The van der Waals surface area contributed by atoms with E-state index in [4.69, 9.17) is 4.74 Å². The minimum Gasteiger partial charge on any atom is -0.454 e. The number of piperidine rings is 1. The van der Waals surface area contributed by atoms with Gasteiger partial charge in [-0.2, -0.15) is 0 Å². The van der Waals surface area contributed by atoms with Gasteiger partial charge in [-0.05, 0) is 30.4 Å². The molecule has 2 heterocycles. The monoisotopic (exact) mass is 329 g/mol. The second-order valence-electron chi connectivity index (χ2n) is 6.77. The van der Waals surface area contributed by atoms with Gasteiger partial charge in [-0.1, -0.05) is 26.0 Å². The third-order valence-electron chi connectivity index (χ3n) is 4.41. The van der Waals surface area contributed by atoms with E-state index >= 15 is 0 Å². The molecule has 1 aromatic carbocycles. The second kappa shape index (κ2) is 7.03. The van der Waals surface area contributed by atoms with Gasteiger partial charge in [0.1, 0.15) is 6.54 Å². The Morgan fingerprint density at radius 2 is 1.92 bits per heavy atom. The molecular formula is C18H23N3O3. The van der Waals surface area contributed by atoms with Crippen LogP contribution in [0.5, 0.6) is 0 Å². The molecule has 1 amide bonds. The number of fused-ring (bicyclic) bond motifs is 1. The van der Waals surface area contributed by atoms with E-state index in [1.54, 1.807) is 15.8 Å². The fourth-order valence-electron chi connectivity index (χ4n) is 3.42. The summed E-state index contributed by atoms with van der Waals surface area (Å²) in [5, 5.41) is 0. The first kappa shape index (κ1) is 16.5. The smallest absolute Gasteiger partial charge is 0.326 e. The molecule has 1 aromatic heterocycles. The third-order valence-corrected chi connectivity index (χ3v) is 4.41. The lowest BCUT2D eigenvalue weighted by Gasteiger charge is -2.34. The number of hydrogen-bond acceptors (Lipinski definition) is 4. The quantitative estimate of drug-likeness (QED) is 0.806. The number of ether oxygens (including phenoxy) is 1. The number of likely N-dealkylation sites (tertiary alicyclic amines) is 1. The molecule has 24 heavy (non-hydrogen) atoms. The van der Waals surface area contributed by atoms with Crippen molar-refractivity contribution in [3.05, 3.63) is 30.6 Å². The van der Waals surface area contributed by atoms with E-state index in [2.05, 4.69) is 18.8 Å². The summed E-state index contributed by atoms with van der Waals surface area (Å²) in [5.74, 6) is 0.443. The maximum atomic E-state index is 12.2. The zero-order valence-electron chi connectivity index (χ0n) is 14.1. The molecule has 0 bridgehead atoms. The predicted molar refractivity (Wildman–Crippen MR) is 90.2 cm³/mol. The van der Waals surface area contributed by atoms with Gasteiger partial charge < -0.3 is 14.2 Å². The van der Waals surface area contributed by atoms with E-state index in [0.29, 0.717) is 11.8 Å². The summed E-state index contributed by atoms with van der Waals surface area (Å²) in [6.07, 6.45) is 2.75. The number of benzene rings is 1. The normalized spacial score (nSPS) is 21.0. The zero-order valence-corrected chi connectivity index (χ0v) is 14.1. The number of imidazole rings is 1. The van der Waals surface area contributed by atoms with Gasteiger partial charge in [-0.15, -0.1) is 0 Å². The Hall–Kier alpha value is -2.37. The summed E-state index contributed by atoms with van der Waals surface area (Å²) >= 11 is 0. The van der Waals surface area contributed by atoms with Crippen molar-refractivity contribution < 1.29 is 14.3 Å². The van der Waals surface area contributed by atoms with Gasteiger partial charge >= 0.3 is 5.97 Å². The zero-order chi connectivity index (χ0) is 17.1. The van der Waals surface area contributed by atoms with Crippen molar-refractivity contribution in [1.29, 1.82) is 0 Å². The molecule has 6 heteroatoms. The molecule has 1 aliphatic heterocycles. The molecule has 6 nitrogen and oxygen atoms in total. The van der Waals surface area contributed by atoms with Crippen molar-refractivity contribution >= 4 is 22.9 Å². The highest BCUT2D eigenvalue weighted by atomic mass is 16.5. The molecule has 3 rings (SSSR count). The molecule has 1 aliphatic rings. The van der Waals surface area contributed by atoms with E-state index in [1.807, 2.05) is 24.3 Å². The fraction of sp³-hybridized carbons (Fsp3) is 0.500. The molecule has 1 saturated heterocycles. The highest BCUT2D eigenvalue weighted by Crippen LogP contribution is 2.21. The molecule has 0 N–H and O–H groups in total. The van der Waals surface area contributed by atoms with Gasteiger partial charge in [-0.25, -0.2) is 4.98 Å². The van der Waals surface area contributed by atoms with Gasteiger partial charge in [0.25, 0.3) is 5.91 Å². The van der Waals surface area contributed by atoms with E-state index in [0.717, 1.165) is 30.5 Å². The first-order chi connectivity index (χ1) is 11.5. The van der Waals surface area contributed by atoms with Crippen molar-refractivity contribution in [2.75, 3.05) is 19.7 Å². The summed E-state index contributed by atoms with van der Waals surface area (Å²) < 4.78 is 6.90. The first-order valence-electron chi connectivity index (χ1n) is 8.36. The number of esters is 1. The Morgan fingerprint density at radius 1 is 1.21 bits per heavy atom. The number of rotatable bonds is 4. The lowest BCUT2D eigenvalue weighted by molar-refractivity contribution is -0.153. The minimum atomic E-state index is -0.426. The topological polar surface area (TPSA) is 64.4 Å². The number of aromatic nitrogens is 2. The highest BCUT2D eigenvalue weighted by molar-refractivity contribution is 5.82. The van der Waals surface area contributed by atoms with Gasteiger partial charge in [0.15, 0.2) is 6.61 Å².